The van der Waals surface area contributed by atoms with Crippen molar-refractivity contribution in [2.24, 2.45) is 0 Å². The van der Waals surface area contributed by atoms with Crippen molar-refractivity contribution < 1.29 is 9.84 Å². The van der Waals surface area contributed by atoms with Crippen molar-refractivity contribution in [3.05, 3.63) is 29.3 Å². The monoisotopic (exact) mass is 249 g/mol. The van der Waals surface area contributed by atoms with E-state index in [2.05, 4.69) is 11.9 Å². The highest BCUT2D eigenvalue weighted by Gasteiger charge is 2.16. The van der Waals surface area contributed by atoms with Gasteiger partial charge >= 0.3 is 0 Å². The van der Waals surface area contributed by atoms with Crippen molar-refractivity contribution in [1.82, 2.24) is 4.90 Å². The number of phenols is 1. The Morgan fingerprint density at radius 3 is 2.94 bits per heavy atom. The summed E-state index contributed by atoms with van der Waals surface area (Å²) in [6, 6.07) is 5.76. The van der Waals surface area contributed by atoms with E-state index >= 15 is 0 Å². The highest BCUT2D eigenvalue weighted by molar-refractivity contribution is 5.35. The van der Waals surface area contributed by atoms with Crippen molar-refractivity contribution in [3.8, 4) is 5.75 Å². The molecule has 1 aliphatic rings. The van der Waals surface area contributed by atoms with Crippen LogP contribution in [0.25, 0.3) is 0 Å². The number of aromatic hydroxyl groups is 1. The summed E-state index contributed by atoms with van der Waals surface area (Å²) >= 11 is 0. The molecule has 1 heterocycles. The zero-order valence-corrected chi connectivity index (χ0v) is 11.4. The molecule has 0 saturated carbocycles. The molecule has 3 heteroatoms. The molecule has 0 aromatic heterocycles. The fourth-order valence-electron chi connectivity index (χ4n) is 2.50. The zero-order valence-electron chi connectivity index (χ0n) is 11.4. The topological polar surface area (TPSA) is 32.7 Å². The van der Waals surface area contributed by atoms with Gasteiger partial charge in [-0.2, -0.15) is 0 Å². The first-order valence-electron chi connectivity index (χ1n) is 6.74. The summed E-state index contributed by atoms with van der Waals surface area (Å²) in [5, 5.41) is 9.83. The maximum Gasteiger partial charge on any atom is 0.120 e. The van der Waals surface area contributed by atoms with E-state index in [1.165, 1.54) is 18.4 Å². The Morgan fingerprint density at radius 2 is 2.22 bits per heavy atom. The Hall–Kier alpha value is -1.06. The summed E-state index contributed by atoms with van der Waals surface area (Å²) in [5.74, 6) is 0.386. The van der Waals surface area contributed by atoms with Gasteiger partial charge in [0.15, 0.2) is 0 Å². The SMILES string of the molecule is Cc1ccc(O)c(CN(C)CC2CCCCO2)c1. The van der Waals surface area contributed by atoms with Crippen LogP contribution < -0.4 is 0 Å². The van der Waals surface area contributed by atoms with Crippen molar-refractivity contribution in [3.63, 3.8) is 0 Å². The predicted molar refractivity (Wildman–Crippen MR) is 72.8 cm³/mol. The van der Waals surface area contributed by atoms with Crippen molar-refractivity contribution in [2.45, 2.75) is 38.8 Å². The summed E-state index contributed by atoms with van der Waals surface area (Å²) in [5.41, 5.74) is 2.18. The lowest BCUT2D eigenvalue weighted by Gasteiger charge is -2.27. The van der Waals surface area contributed by atoms with Gasteiger partial charge in [-0.3, -0.25) is 4.90 Å². The maximum atomic E-state index is 9.83. The van der Waals surface area contributed by atoms with Crippen LogP contribution in [0.4, 0.5) is 0 Å². The van der Waals surface area contributed by atoms with Gasteiger partial charge in [0.25, 0.3) is 0 Å². The lowest BCUT2D eigenvalue weighted by molar-refractivity contribution is -0.00267. The third kappa shape index (κ3) is 3.72. The van der Waals surface area contributed by atoms with E-state index in [1.807, 2.05) is 19.1 Å². The summed E-state index contributed by atoms with van der Waals surface area (Å²) in [6.07, 6.45) is 3.98. The van der Waals surface area contributed by atoms with E-state index < -0.39 is 0 Å². The summed E-state index contributed by atoms with van der Waals surface area (Å²) in [6.45, 7) is 4.65. The van der Waals surface area contributed by atoms with Crippen LogP contribution in [0.2, 0.25) is 0 Å². The number of rotatable bonds is 4. The van der Waals surface area contributed by atoms with E-state index in [-0.39, 0.29) is 0 Å². The molecule has 0 bridgehead atoms. The van der Waals surface area contributed by atoms with E-state index in [9.17, 15) is 5.11 Å². The normalized spacial score (nSPS) is 20.3. The number of aryl methyl sites for hydroxylation is 1. The molecule has 1 fully saturated rings. The maximum absolute atomic E-state index is 9.83. The summed E-state index contributed by atoms with van der Waals surface area (Å²) < 4.78 is 5.74. The number of hydrogen-bond donors (Lipinski definition) is 1. The molecule has 1 aliphatic heterocycles. The van der Waals surface area contributed by atoms with E-state index in [1.54, 1.807) is 6.07 Å². The fraction of sp³-hybridized carbons (Fsp3) is 0.600. The minimum absolute atomic E-state index is 0.357. The Labute approximate surface area is 109 Å². The van der Waals surface area contributed by atoms with Gasteiger partial charge in [0.2, 0.25) is 0 Å². The molecular formula is C15H23NO2. The average Bonchev–Trinajstić information content (AvgIpc) is 2.35. The van der Waals surface area contributed by atoms with E-state index in [4.69, 9.17) is 4.74 Å². The van der Waals surface area contributed by atoms with Crippen LogP contribution in [0.3, 0.4) is 0 Å². The molecule has 1 N–H and O–H groups in total. The molecule has 1 unspecified atom stereocenters. The lowest BCUT2D eigenvalue weighted by atomic mass is 10.1. The van der Waals surface area contributed by atoms with Crippen molar-refractivity contribution >= 4 is 0 Å². The fourth-order valence-corrected chi connectivity index (χ4v) is 2.50. The minimum Gasteiger partial charge on any atom is -0.508 e. The molecule has 0 amide bonds. The number of ether oxygens (including phenoxy) is 1. The van der Waals surface area contributed by atoms with Gasteiger partial charge in [-0.1, -0.05) is 17.7 Å². The largest absolute Gasteiger partial charge is 0.508 e. The Morgan fingerprint density at radius 1 is 1.39 bits per heavy atom. The van der Waals surface area contributed by atoms with Gasteiger partial charge in [0.05, 0.1) is 6.10 Å². The van der Waals surface area contributed by atoms with E-state index in [0.29, 0.717) is 11.9 Å². The smallest absolute Gasteiger partial charge is 0.120 e. The molecular weight excluding hydrogens is 226 g/mol. The number of hydrogen-bond acceptors (Lipinski definition) is 3. The average molecular weight is 249 g/mol. The molecule has 100 valence electrons. The first-order valence-corrected chi connectivity index (χ1v) is 6.74. The number of phenolic OH excluding ortho intramolecular Hbond substituents is 1. The Bertz CT molecular complexity index is 386. The van der Waals surface area contributed by atoms with Gasteiger partial charge in [-0.15, -0.1) is 0 Å². The molecule has 3 nitrogen and oxygen atoms in total. The van der Waals surface area contributed by atoms with Gasteiger partial charge < -0.3 is 9.84 Å². The summed E-state index contributed by atoms with van der Waals surface area (Å²) in [4.78, 5) is 2.23. The van der Waals surface area contributed by atoms with Crippen LogP contribution >= 0.6 is 0 Å². The standard InChI is InChI=1S/C15H23NO2/c1-12-6-7-15(17)13(9-12)10-16(2)11-14-5-3-4-8-18-14/h6-7,9,14,17H,3-5,8,10-11H2,1-2H3. The third-order valence-electron chi connectivity index (χ3n) is 3.46. The van der Waals surface area contributed by atoms with Crippen LogP contribution in [0, 0.1) is 6.92 Å². The lowest BCUT2D eigenvalue weighted by Crippen LogP contribution is -2.33. The molecule has 2 rings (SSSR count). The Balaban J connectivity index is 1.89. The zero-order chi connectivity index (χ0) is 13.0. The van der Waals surface area contributed by atoms with E-state index in [0.717, 1.165) is 31.7 Å². The van der Waals surface area contributed by atoms with Crippen molar-refractivity contribution in [1.29, 1.82) is 0 Å². The molecule has 1 saturated heterocycles. The van der Waals surface area contributed by atoms with Crippen LogP contribution in [-0.2, 0) is 11.3 Å². The highest BCUT2D eigenvalue weighted by atomic mass is 16.5. The molecule has 1 atom stereocenters. The van der Waals surface area contributed by atoms with Crippen LogP contribution in [0.15, 0.2) is 18.2 Å². The molecule has 0 radical (unpaired) electrons. The number of benzene rings is 1. The van der Waals surface area contributed by atoms with Crippen LogP contribution in [-0.4, -0.2) is 36.3 Å². The second kappa shape index (κ2) is 6.21. The second-order valence-electron chi connectivity index (χ2n) is 5.32. The van der Waals surface area contributed by atoms with Gasteiger partial charge in [-0.05, 0) is 39.3 Å². The quantitative estimate of drug-likeness (QED) is 0.890. The number of likely N-dealkylation sites (N-methyl/N-ethyl adjacent to an activating group) is 1. The molecule has 0 spiro atoms. The second-order valence-corrected chi connectivity index (χ2v) is 5.32. The molecule has 1 aromatic carbocycles. The highest BCUT2D eigenvalue weighted by Crippen LogP contribution is 2.20. The molecule has 18 heavy (non-hydrogen) atoms. The van der Waals surface area contributed by atoms with Gasteiger partial charge in [0.1, 0.15) is 5.75 Å². The Kier molecular flexibility index (Phi) is 4.61. The predicted octanol–water partition coefficient (Wildman–Crippen LogP) is 2.70. The third-order valence-corrected chi connectivity index (χ3v) is 3.46. The minimum atomic E-state index is 0.357. The van der Waals surface area contributed by atoms with Crippen LogP contribution in [0.5, 0.6) is 5.75 Å². The number of nitrogens with zero attached hydrogens (tertiary/aromatic N) is 1. The van der Waals surface area contributed by atoms with Gasteiger partial charge in [0, 0.05) is 25.3 Å². The van der Waals surface area contributed by atoms with Crippen LogP contribution in [0.1, 0.15) is 30.4 Å². The van der Waals surface area contributed by atoms with Gasteiger partial charge in [-0.25, -0.2) is 0 Å². The van der Waals surface area contributed by atoms with Crippen molar-refractivity contribution in [2.75, 3.05) is 20.2 Å². The molecule has 0 aliphatic carbocycles. The molecule has 1 aromatic rings. The first-order chi connectivity index (χ1) is 8.65. The first kappa shape index (κ1) is 13.4. The summed E-state index contributed by atoms with van der Waals surface area (Å²) in [7, 11) is 2.08.